The maximum atomic E-state index is 10.9. The normalized spacial score (nSPS) is 22.2. The van der Waals surface area contributed by atoms with Crippen molar-refractivity contribution in [3.63, 3.8) is 0 Å². The van der Waals surface area contributed by atoms with Crippen molar-refractivity contribution in [3.05, 3.63) is 102 Å². The average molecular weight is 539 g/mol. The molecule has 0 saturated heterocycles. The van der Waals surface area contributed by atoms with Crippen molar-refractivity contribution < 1.29 is 5.11 Å². The minimum absolute atomic E-state index is 0.420. The van der Waals surface area contributed by atoms with Crippen LogP contribution in [-0.2, 0) is 5.54 Å². The number of aryl methyl sites for hydroxylation is 1. The van der Waals surface area contributed by atoms with Gasteiger partial charge in [0.05, 0.1) is 17.0 Å². The molecule has 2 fully saturated rings. The largest absolute Gasteiger partial charge is 0.389 e. The van der Waals surface area contributed by atoms with E-state index in [1.165, 1.54) is 0 Å². The third kappa shape index (κ3) is 3.96. The predicted molar refractivity (Wildman–Crippen MR) is 160 cm³/mol. The van der Waals surface area contributed by atoms with E-state index in [1.54, 1.807) is 0 Å². The third-order valence-corrected chi connectivity index (χ3v) is 8.83. The molecule has 7 nitrogen and oxygen atoms in total. The van der Waals surface area contributed by atoms with Crippen LogP contribution in [0.4, 0.5) is 0 Å². The Morgan fingerprint density at radius 2 is 1.49 bits per heavy atom. The van der Waals surface area contributed by atoms with Gasteiger partial charge in [-0.15, -0.1) is 10.2 Å². The first-order valence-electron chi connectivity index (χ1n) is 14.2. The van der Waals surface area contributed by atoms with Crippen LogP contribution in [0.1, 0.15) is 36.8 Å². The highest BCUT2D eigenvalue weighted by Crippen LogP contribution is 2.57. The van der Waals surface area contributed by atoms with Crippen LogP contribution < -0.4 is 5.73 Å². The molecule has 6 aromatic rings. The molecule has 2 aliphatic rings. The molecule has 0 spiro atoms. The Morgan fingerprint density at radius 1 is 0.780 bits per heavy atom. The topological polar surface area (TPSA) is 102 Å². The van der Waals surface area contributed by atoms with Gasteiger partial charge < -0.3 is 10.8 Å². The summed E-state index contributed by atoms with van der Waals surface area (Å²) in [5.41, 5.74) is 14.6. The summed E-state index contributed by atoms with van der Waals surface area (Å²) in [6.45, 7) is 2.07. The zero-order valence-corrected chi connectivity index (χ0v) is 22.8. The Morgan fingerprint density at radius 3 is 2.22 bits per heavy atom. The van der Waals surface area contributed by atoms with Crippen LogP contribution in [0.3, 0.4) is 0 Å². The lowest BCUT2D eigenvalue weighted by molar-refractivity contribution is -0.106. The fraction of sp³-hybridized carbons (Fsp3) is 0.235. The van der Waals surface area contributed by atoms with Crippen molar-refractivity contribution in [2.24, 2.45) is 11.7 Å². The van der Waals surface area contributed by atoms with Crippen molar-refractivity contribution in [3.8, 4) is 33.9 Å². The molecule has 2 aliphatic carbocycles. The summed E-state index contributed by atoms with van der Waals surface area (Å²) in [6.07, 6.45) is 3.46. The number of aliphatic hydroxyl groups is 1. The van der Waals surface area contributed by atoms with E-state index in [0.29, 0.717) is 24.4 Å². The second-order valence-electron chi connectivity index (χ2n) is 11.9. The van der Waals surface area contributed by atoms with E-state index in [2.05, 4.69) is 65.7 Å². The second-order valence-corrected chi connectivity index (χ2v) is 11.9. The van der Waals surface area contributed by atoms with Gasteiger partial charge in [0.1, 0.15) is 5.52 Å². The lowest BCUT2D eigenvalue weighted by atomic mass is 9.60. The van der Waals surface area contributed by atoms with Crippen molar-refractivity contribution >= 4 is 16.8 Å². The Kier molecular flexibility index (Phi) is 5.21. The minimum Gasteiger partial charge on any atom is -0.389 e. The summed E-state index contributed by atoms with van der Waals surface area (Å²) in [4.78, 5) is 10.4. The van der Waals surface area contributed by atoms with E-state index in [-0.39, 0.29) is 0 Å². The standard InChI is InChI=1S/C34H30N6O/c1-21-6-5-9-24(18-21)31-39-38-28-17-16-27-32(40(28)31)37-30(22-7-3-2-4-8-22)29(36-27)23-10-12-25(13-11-23)33(35)19-34(41,20-33)26-14-15-26/h2-13,16-18,26,41H,14-15,19-20,35H2,1H3. The molecule has 0 radical (unpaired) electrons. The maximum absolute atomic E-state index is 10.9. The van der Waals surface area contributed by atoms with Gasteiger partial charge in [-0.1, -0.05) is 78.4 Å². The Bertz CT molecular complexity index is 1940. The molecule has 202 valence electrons. The van der Waals surface area contributed by atoms with E-state index in [0.717, 1.165) is 69.0 Å². The molecule has 0 atom stereocenters. The summed E-state index contributed by atoms with van der Waals surface area (Å²) in [6, 6.07) is 30.6. The van der Waals surface area contributed by atoms with E-state index in [4.69, 9.17) is 15.7 Å². The number of hydrogen-bond acceptors (Lipinski definition) is 6. The molecule has 7 heteroatoms. The molecule has 3 N–H and O–H groups in total. The molecule has 2 saturated carbocycles. The molecule has 0 unspecified atom stereocenters. The molecular formula is C34H30N6O. The van der Waals surface area contributed by atoms with Crippen molar-refractivity contribution in [2.75, 3.05) is 0 Å². The summed E-state index contributed by atoms with van der Waals surface area (Å²) in [5.74, 6) is 1.16. The molecule has 3 heterocycles. The zero-order chi connectivity index (χ0) is 27.8. The number of nitrogens with zero attached hydrogens (tertiary/aromatic N) is 5. The lowest BCUT2D eigenvalue weighted by Crippen LogP contribution is -2.60. The first-order chi connectivity index (χ1) is 19.9. The van der Waals surface area contributed by atoms with Crippen molar-refractivity contribution in [1.82, 2.24) is 24.6 Å². The van der Waals surface area contributed by atoms with Gasteiger partial charge in [0.25, 0.3) is 0 Å². The third-order valence-electron chi connectivity index (χ3n) is 8.83. The van der Waals surface area contributed by atoms with Crippen molar-refractivity contribution in [2.45, 2.75) is 43.7 Å². The molecule has 0 bridgehead atoms. The van der Waals surface area contributed by atoms with Gasteiger partial charge >= 0.3 is 0 Å². The predicted octanol–water partition coefficient (Wildman–Crippen LogP) is 6.07. The van der Waals surface area contributed by atoms with Crippen molar-refractivity contribution in [1.29, 1.82) is 0 Å². The molecule has 0 aliphatic heterocycles. The maximum Gasteiger partial charge on any atom is 0.170 e. The van der Waals surface area contributed by atoms with E-state index in [9.17, 15) is 5.11 Å². The highest BCUT2D eigenvalue weighted by Gasteiger charge is 2.58. The molecule has 3 aromatic carbocycles. The summed E-state index contributed by atoms with van der Waals surface area (Å²) < 4.78 is 1.99. The van der Waals surface area contributed by atoms with E-state index >= 15 is 0 Å². The Balaban J connectivity index is 1.27. The first kappa shape index (κ1) is 24.3. The average Bonchev–Trinajstić information content (AvgIpc) is 3.75. The van der Waals surface area contributed by atoms with Gasteiger partial charge in [-0.05, 0) is 62.3 Å². The van der Waals surface area contributed by atoms with Crippen LogP contribution in [0.5, 0.6) is 0 Å². The van der Waals surface area contributed by atoms with Crippen LogP contribution in [-0.4, -0.2) is 35.3 Å². The molecule has 41 heavy (non-hydrogen) atoms. The summed E-state index contributed by atoms with van der Waals surface area (Å²) in [7, 11) is 0. The van der Waals surface area contributed by atoms with Gasteiger partial charge in [-0.3, -0.25) is 4.40 Å². The van der Waals surface area contributed by atoms with Crippen LogP contribution in [0.25, 0.3) is 50.7 Å². The molecule has 8 rings (SSSR count). The van der Waals surface area contributed by atoms with E-state index in [1.807, 2.05) is 46.9 Å². The van der Waals surface area contributed by atoms with Crippen LogP contribution in [0, 0.1) is 12.8 Å². The minimum atomic E-state index is -0.595. The highest BCUT2D eigenvalue weighted by molar-refractivity contribution is 5.87. The van der Waals surface area contributed by atoms with Crippen LogP contribution in [0.2, 0.25) is 0 Å². The monoisotopic (exact) mass is 538 g/mol. The first-order valence-corrected chi connectivity index (χ1v) is 14.2. The summed E-state index contributed by atoms with van der Waals surface area (Å²) >= 11 is 0. The quantitative estimate of drug-likeness (QED) is 0.276. The van der Waals surface area contributed by atoms with Gasteiger partial charge in [-0.2, -0.15) is 0 Å². The molecular weight excluding hydrogens is 508 g/mol. The van der Waals surface area contributed by atoms with Gasteiger partial charge in [0.15, 0.2) is 17.1 Å². The number of pyridine rings is 1. The number of fused-ring (bicyclic) bond motifs is 3. The number of rotatable bonds is 5. The number of hydrogen-bond donors (Lipinski definition) is 2. The highest BCUT2D eigenvalue weighted by atomic mass is 16.3. The number of nitrogens with two attached hydrogens (primary N) is 1. The fourth-order valence-electron chi connectivity index (χ4n) is 6.57. The second kappa shape index (κ2) is 8.77. The van der Waals surface area contributed by atoms with Gasteiger partial charge in [-0.25, -0.2) is 9.97 Å². The van der Waals surface area contributed by atoms with Crippen LogP contribution >= 0.6 is 0 Å². The number of aromatic nitrogens is 5. The zero-order valence-electron chi connectivity index (χ0n) is 22.8. The summed E-state index contributed by atoms with van der Waals surface area (Å²) in [5, 5.41) is 19.9. The lowest BCUT2D eigenvalue weighted by Gasteiger charge is -2.52. The van der Waals surface area contributed by atoms with Gasteiger partial charge in [0, 0.05) is 22.2 Å². The van der Waals surface area contributed by atoms with Gasteiger partial charge in [0.2, 0.25) is 0 Å². The molecule has 3 aromatic heterocycles. The Hall–Kier alpha value is -4.46. The Labute approximate surface area is 237 Å². The smallest absolute Gasteiger partial charge is 0.170 e. The van der Waals surface area contributed by atoms with E-state index < -0.39 is 11.1 Å². The molecule has 0 amide bonds. The van der Waals surface area contributed by atoms with Crippen LogP contribution in [0.15, 0.2) is 91.0 Å². The fourth-order valence-corrected chi connectivity index (χ4v) is 6.57. The number of benzene rings is 3. The SMILES string of the molecule is Cc1cccc(-c2nnc3ccc4nc(-c5ccc(C6(N)CC(O)(C7CC7)C6)cc5)c(-c5ccccc5)nc4n23)c1.